The van der Waals surface area contributed by atoms with E-state index >= 15 is 0 Å². The van der Waals surface area contributed by atoms with Gasteiger partial charge in [0.15, 0.2) is 0 Å². The molecule has 6 aromatic rings. The van der Waals surface area contributed by atoms with Gasteiger partial charge in [0.25, 0.3) is 0 Å². The second-order valence-electron chi connectivity index (χ2n) is 9.20. The van der Waals surface area contributed by atoms with Crippen molar-refractivity contribution in [3.05, 3.63) is 155 Å². The van der Waals surface area contributed by atoms with Crippen LogP contribution in [-0.4, -0.2) is 14.8 Å². The summed E-state index contributed by atoms with van der Waals surface area (Å²) in [6, 6.07) is 39.5. The molecular formula is C35H29FN4. The fourth-order valence-electron chi connectivity index (χ4n) is 5.34. The Morgan fingerprint density at radius 2 is 1.27 bits per heavy atom. The minimum Gasteiger partial charge on any atom is -0.244 e. The van der Waals surface area contributed by atoms with Crippen LogP contribution < -0.4 is 0 Å². The maximum Gasteiger partial charge on any atom is 0.138 e. The summed E-state index contributed by atoms with van der Waals surface area (Å²) >= 11 is 0. The summed E-state index contributed by atoms with van der Waals surface area (Å²) in [6.07, 6.45) is 1.69. The third kappa shape index (κ3) is 4.34. The van der Waals surface area contributed by atoms with Crippen molar-refractivity contribution < 1.29 is 4.39 Å². The van der Waals surface area contributed by atoms with Gasteiger partial charge in [-0.3, -0.25) is 0 Å². The lowest BCUT2D eigenvalue weighted by Gasteiger charge is -2.37. The molecule has 0 N–H and O–H groups in total. The Morgan fingerprint density at radius 1 is 0.750 bits per heavy atom. The lowest BCUT2D eigenvalue weighted by atomic mass is 9.77. The van der Waals surface area contributed by atoms with E-state index in [-0.39, 0.29) is 5.56 Å². The number of hydrogen-bond acceptors (Lipinski definition) is 3. The standard InChI is InChI=1S/C33H23FN4.C2H6/c1-23-12-11-19-28(34)31(23)32-24(21-35)20-30-29(37-32)22-36-38(30)33(25-13-5-2-6-14-25,26-15-7-3-8-16-26)27-17-9-4-10-18-27;1-2/h2-20,22H,1H3;1-2H3. The quantitative estimate of drug-likeness (QED) is 0.213. The molecule has 40 heavy (non-hydrogen) atoms. The number of halogens is 1. The molecule has 2 heterocycles. The third-order valence-corrected chi connectivity index (χ3v) is 7.03. The number of nitrogens with zero attached hydrogens (tertiary/aromatic N) is 4. The molecule has 4 nitrogen and oxygen atoms in total. The van der Waals surface area contributed by atoms with E-state index in [1.165, 1.54) is 6.07 Å². The highest BCUT2D eigenvalue weighted by atomic mass is 19.1. The average Bonchev–Trinajstić information content (AvgIpc) is 3.43. The molecule has 4 aromatic carbocycles. The third-order valence-electron chi connectivity index (χ3n) is 7.03. The second kappa shape index (κ2) is 11.3. The van der Waals surface area contributed by atoms with Crippen molar-refractivity contribution >= 4 is 11.0 Å². The molecule has 6 rings (SSSR count). The van der Waals surface area contributed by atoms with Crippen LogP contribution in [0.5, 0.6) is 0 Å². The van der Waals surface area contributed by atoms with E-state index in [0.29, 0.717) is 27.9 Å². The van der Waals surface area contributed by atoms with Crippen LogP contribution in [0.2, 0.25) is 0 Å². The topological polar surface area (TPSA) is 54.5 Å². The summed E-state index contributed by atoms with van der Waals surface area (Å²) in [7, 11) is 0. The van der Waals surface area contributed by atoms with Crippen molar-refractivity contribution in [2.45, 2.75) is 26.3 Å². The van der Waals surface area contributed by atoms with Crippen LogP contribution in [-0.2, 0) is 5.54 Å². The van der Waals surface area contributed by atoms with Crippen LogP contribution in [0.25, 0.3) is 22.3 Å². The number of benzene rings is 4. The van der Waals surface area contributed by atoms with Gasteiger partial charge in [-0.15, -0.1) is 0 Å². The van der Waals surface area contributed by atoms with E-state index in [4.69, 9.17) is 10.1 Å². The van der Waals surface area contributed by atoms with Crippen molar-refractivity contribution in [1.82, 2.24) is 14.8 Å². The van der Waals surface area contributed by atoms with Gasteiger partial charge < -0.3 is 0 Å². The van der Waals surface area contributed by atoms with Crippen LogP contribution in [0.3, 0.4) is 0 Å². The number of pyridine rings is 1. The molecule has 0 saturated carbocycles. The summed E-state index contributed by atoms with van der Waals surface area (Å²) in [4.78, 5) is 4.81. The number of fused-ring (bicyclic) bond motifs is 1. The Bertz CT molecular complexity index is 1670. The molecule has 196 valence electrons. The Balaban J connectivity index is 0.00000158. The van der Waals surface area contributed by atoms with Crippen molar-refractivity contribution in [3.63, 3.8) is 0 Å². The van der Waals surface area contributed by atoms with E-state index in [0.717, 1.165) is 16.7 Å². The van der Waals surface area contributed by atoms with Crippen molar-refractivity contribution in [3.8, 4) is 17.3 Å². The summed E-state index contributed by atoms with van der Waals surface area (Å²) in [5.41, 5.74) is 5.09. The first-order valence-electron chi connectivity index (χ1n) is 13.4. The van der Waals surface area contributed by atoms with Crippen molar-refractivity contribution in [2.24, 2.45) is 0 Å². The first kappa shape index (κ1) is 26.5. The number of hydrogen-bond donors (Lipinski definition) is 0. The second-order valence-corrected chi connectivity index (χ2v) is 9.20. The van der Waals surface area contributed by atoms with E-state index in [2.05, 4.69) is 42.5 Å². The normalized spacial score (nSPS) is 11.0. The Morgan fingerprint density at radius 3 is 1.75 bits per heavy atom. The average molecular weight is 525 g/mol. The van der Waals surface area contributed by atoms with E-state index < -0.39 is 11.4 Å². The number of aryl methyl sites for hydroxylation is 1. The van der Waals surface area contributed by atoms with Gasteiger partial charge in [-0.25, -0.2) is 14.1 Å². The summed E-state index contributed by atoms with van der Waals surface area (Å²) < 4.78 is 16.9. The molecule has 0 aliphatic rings. The molecule has 0 fully saturated rings. The Hall–Kier alpha value is -5.08. The van der Waals surface area contributed by atoms with Crippen LogP contribution in [0, 0.1) is 24.1 Å². The SMILES string of the molecule is CC.Cc1cccc(F)c1-c1nc2cnn(C(c3ccccc3)(c3ccccc3)c3ccccc3)c2cc1C#N. The number of nitriles is 1. The summed E-state index contributed by atoms with van der Waals surface area (Å²) in [5.74, 6) is -0.409. The fraction of sp³-hybridized carbons (Fsp3) is 0.114. The molecule has 0 aliphatic heterocycles. The zero-order chi connectivity index (χ0) is 28.1. The maximum absolute atomic E-state index is 14.9. The van der Waals surface area contributed by atoms with Crippen LogP contribution in [0.1, 0.15) is 41.7 Å². The monoisotopic (exact) mass is 524 g/mol. The lowest BCUT2D eigenvalue weighted by Crippen LogP contribution is -2.38. The van der Waals surface area contributed by atoms with E-state index in [1.807, 2.05) is 86.1 Å². The molecule has 2 aromatic heterocycles. The zero-order valence-corrected chi connectivity index (χ0v) is 22.7. The predicted molar refractivity (Wildman–Crippen MR) is 158 cm³/mol. The molecule has 0 bridgehead atoms. The van der Waals surface area contributed by atoms with Crippen molar-refractivity contribution in [2.75, 3.05) is 0 Å². The largest absolute Gasteiger partial charge is 0.244 e. The molecule has 0 unspecified atom stereocenters. The first-order chi connectivity index (χ1) is 19.6. The molecular weight excluding hydrogens is 495 g/mol. The Kier molecular flexibility index (Phi) is 7.52. The van der Waals surface area contributed by atoms with Gasteiger partial charge in [0.05, 0.1) is 23.0 Å². The molecule has 5 heteroatoms. The maximum atomic E-state index is 14.9. The first-order valence-corrected chi connectivity index (χ1v) is 13.4. The highest BCUT2D eigenvalue weighted by molar-refractivity contribution is 5.84. The summed E-state index contributed by atoms with van der Waals surface area (Å²) in [6.45, 7) is 5.82. The van der Waals surface area contributed by atoms with Crippen LogP contribution in [0.15, 0.2) is 121 Å². The molecule has 0 saturated heterocycles. The van der Waals surface area contributed by atoms with Gasteiger partial charge in [-0.2, -0.15) is 10.4 Å². The van der Waals surface area contributed by atoms with Gasteiger partial charge >= 0.3 is 0 Å². The fourth-order valence-corrected chi connectivity index (χ4v) is 5.34. The number of aromatic nitrogens is 3. The minimum absolute atomic E-state index is 0.288. The number of rotatable bonds is 5. The van der Waals surface area contributed by atoms with Gasteiger partial charge in [0.1, 0.15) is 22.9 Å². The smallest absolute Gasteiger partial charge is 0.138 e. The molecule has 0 spiro atoms. The van der Waals surface area contributed by atoms with Crippen LogP contribution in [0.4, 0.5) is 4.39 Å². The van der Waals surface area contributed by atoms with Crippen molar-refractivity contribution in [1.29, 1.82) is 5.26 Å². The minimum atomic E-state index is -0.852. The highest BCUT2D eigenvalue weighted by Gasteiger charge is 2.40. The van der Waals surface area contributed by atoms with Crippen LogP contribution >= 0.6 is 0 Å². The van der Waals surface area contributed by atoms with E-state index in [1.54, 1.807) is 18.3 Å². The van der Waals surface area contributed by atoms with Gasteiger partial charge in [0.2, 0.25) is 0 Å². The highest BCUT2D eigenvalue weighted by Crippen LogP contribution is 2.42. The predicted octanol–water partition coefficient (Wildman–Crippen LogP) is 8.28. The molecule has 0 amide bonds. The molecule has 0 atom stereocenters. The van der Waals surface area contributed by atoms with Gasteiger partial charge in [-0.05, 0) is 41.3 Å². The molecule has 0 aliphatic carbocycles. The zero-order valence-electron chi connectivity index (χ0n) is 22.7. The van der Waals surface area contributed by atoms with Gasteiger partial charge in [-0.1, -0.05) is 117 Å². The van der Waals surface area contributed by atoms with E-state index in [9.17, 15) is 9.65 Å². The lowest BCUT2D eigenvalue weighted by molar-refractivity contribution is 0.476. The summed E-state index contributed by atoms with van der Waals surface area (Å²) in [5, 5.41) is 15.1. The Labute approximate surface area is 234 Å². The molecule has 0 radical (unpaired) electrons. The van der Waals surface area contributed by atoms with Gasteiger partial charge in [0, 0.05) is 5.56 Å².